The minimum atomic E-state index is -4.74. The molecule has 2 aliphatic rings. The minimum Gasteiger partial charge on any atom is -0.349 e. The minimum absolute atomic E-state index is 0.139. The Morgan fingerprint density at radius 2 is 1.54 bits per heavy atom. The number of carbonyl (C=O) groups is 3. The molecule has 12 nitrogen and oxygen atoms in total. The zero-order valence-electron chi connectivity index (χ0n) is 28.5. The molecule has 0 spiro atoms. The first-order chi connectivity index (χ1) is 25.1. The highest BCUT2D eigenvalue weighted by Crippen LogP contribution is 2.35. The molecule has 0 unspecified atom stereocenters. The Morgan fingerprint density at radius 3 is 2.17 bits per heavy atom. The number of H-pyrrole nitrogens is 1. The fourth-order valence-corrected chi connectivity index (χ4v) is 6.83. The van der Waals surface area contributed by atoms with Crippen molar-refractivity contribution in [2.24, 2.45) is 17.6 Å². The zero-order chi connectivity index (χ0) is 36.7. The van der Waals surface area contributed by atoms with Gasteiger partial charge in [0.1, 0.15) is 6.04 Å². The number of nitrogens with zero attached hydrogens (tertiary/aromatic N) is 3. The van der Waals surface area contributed by atoms with E-state index >= 15 is 0 Å². The lowest BCUT2D eigenvalue weighted by atomic mass is 9.81. The number of aromatic nitrogens is 4. The lowest BCUT2D eigenvalue weighted by Gasteiger charge is -2.28. The van der Waals surface area contributed by atoms with Gasteiger partial charge in [0, 0.05) is 29.6 Å². The lowest BCUT2D eigenvalue weighted by molar-refractivity contribution is -0.138. The van der Waals surface area contributed by atoms with Crippen LogP contribution in [0.25, 0.3) is 22.5 Å². The summed E-state index contributed by atoms with van der Waals surface area (Å²) in [7, 11) is 0. The highest BCUT2D eigenvalue weighted by Gasteiger charge is 2.36. The predicted molar refractivity (Wildman–Crippen MR) is 189 cm³/mol. The van der Waals surface area contributed by atoms with Crippen molar-refractivity contribution < 1.29 is 27.6 Å². The van der Waals surface area contributed by atoms with Crippen molar-refractivity contribution in [2.45, 2.75) is 63.2 Å². The van der Waals surface area contributed by atoms with Gasteiger partial charge in [0.05, 0.1) is 11.1 Å². The van der Waals surface area contributed by atoms with Gasteiger partial charge in [0.2, 0.25) is 17.6 Å². The van der Waals surface area contributed by atoms with Crippen LogP contribution < -0.4 is 27.0 Å². The van der Waals surface area contributed by atoms with Gasteiger partial charge in [-0.1, -0.05) is 30.3 Å². The number of aromatic amines is 1. The van der Waals surface area contributed by atoms with Crippen LogP contribution in [0.1, 0.15) is 60.0 Å². The normalized spacial score (nSPS) is 18.7. The average molecular weight is 718 g/mol. The van der Waals surface area contributed by atoms with E-state index in [0.29, 0.717) is 79.4 Å². The number of anilines is 1. The molecule has 1 aliphatic carbocycles. The maximum absolute atomic E-state index is 14.2. The van der Waals surface area contributed by atoms with Crippen LogP contribution in [0, 0.1) is 11.8 Å². The van der Waals surface area contributed by atoms with Gasteiger partial charge >= 0.3 is 6.18 Å². The molecule has 0 bridgehead atoms. The second-order valence-electron chi connectivity index (χ2n) is 13.5. The van der Waals surface area contributed by atoms with E-state index in [1.165, 1.54) is 12.1 Å². The molecule has 1 saturated carbocycles. The number of nitrogens with two attached hydrogens (primary N) is 1. The quantitative estimate of drug-likeness (QED) is 0.132. The summed E-state index contributed by atoms with van der Waals surface area (Å²) in [5.74, 6) is -0.821. The van der Waals surface area contributed by atoms with Crippen molar-refractivity contribution in [1.82, 2.24) is 36.6 Å². The van der Waals surface area contributed by atoms with Gasteiger partial charge in [-0.15, -0.1) is 10.2 Å². The number of tetrazole rings is 1. The highest BCUT2D eigenvalue weighted by atomic mass is 19.4. The van der Waals surface area contributed by atoms with Gasteiger partial charge in [0.25, 0.3) is 5.91 Å². The Labute approximate surface area is 298 Å². The molecule has 2 fully saturated rings. The molecule has 3 aromatic carbocycles. The van der Waals surface area contributed by atoms with Crippen molar-refractivity contribution >= 4 is 23.4 Å². The second kappa shape index (κ2) is 16.5. The van der Waals surface area contributed by atoms with Crippen LogP contribution >= 0.6 is 0 Å². The van der Waals surface area contributed by atoms with E-state index in [1.807, 2.05) is 0 Å². The molecule has 52 heavy (non-hydrogen) atoms. The molecule has 1 saturated heterocycles. The fraction of sp³-hybridized carbons (Fsp3) is 0.405. The molecule has 2 heterocycles. The highest BCUT2D eigenvalue weighted by molar-refractivity contribution is 5.98. The molecule has 0 radical (unpaired) electrons. The van der Waals surface area contributed by atoms with Crippen LogP contribution in [-0.2, 0) is 22.2 Å². The summed E-state index contributed by atoms with van der Waals surface area (Å²) in [5, 5.41) is 25.6. The van der Waals surface area contributed by atoms with E-state index in [9.17, 15) is 27.6 Å². The first kappa shape index (κ1) is 36.6. The summed E-state index contributed by atoms with van der Waals surface area (Å²) >= 11 is 0. The first-order valence-corrected chi connectivity index (χ1v) is 17.5. The number of hydrogen-bond donors (Lipinski definition) is 6. The Bertz CT molecular complexity index is 1820. The van der Waals surface area contributed by atoms with Crippen molar-refractivity contribution in [3.8, 4) is 22.5 Å². The molecule has 1 aliphatic heterocycles. The molecular formula is C37H42F3N9O3. The SMILES string of the molecule is NC[C@H]1CC[C@H](C(=O)N[C@@H](Cc2ccc(-c3ccc(C(=O)NC4CCNCC4)c(C(F)(F)F)c3)cc2)C(=O)Nc2ccc(-c3nn[nH]n3)cc2)CC1. The third kappa shape index (κ3) is 9.19. The summed E-state index contributed by atoms with van der Waals surface area (Å²) < 4.78 is 42.6. The van der Waals surface area contributed by atoms with Crippen LogP contribution in [0.2, 0.25) is 0 Å². The Hall–Kier alpha value is -5.15. The zero-order valence-corrected chi connectivity index (χ0v) is 28.5. The standard InChI is InChI=1S/C37H42F3N9O3/c38-37(39,40)31-20-27(11-14-30(31)35(51)43-29-15-17-42-18-16-29)24-5-1-22(2-6-24)19-32(45-34(50)26-7-3-23(21-41)4-8-26)36(52)44-28-12-9-25(10-13-28)33-46-48-49-47-33/h1-2,5-6,9-14,20,23,26,29,32,42H,3-4,7-8,15-19,21,41H2,(H,43,51)(H,44,52)(H,45,50)(H,46,47,48,49)/t23-,26-,32-/m0/s1. The van der Waals surface area contributed by atoms with E-state index < -0.39 is 35.2 Å². The van der Waals surface area contributed by atoms with E-state index in [4.69, 9.17) is 5.73 Å². The molecule has 4 aromatic rings. The maximum Gasteiger partial charge on any atom is 0.417 e. The van der Waals surface area contributed by atoms with E-state index in [0.717, 1.165) is 18.9 Å². The van der Waals surface area contributed by atoms with Gasteiger partial charge in [-0.05, 0) is 122 Å². The first-order valence-electron chi connectivity index (χ1n) is 17.5. The fourth-order valence-electron chi connectivity index (χ4n) is 6.83. The summed E-state index contributed by atoms with van der Waals surface area (Å²) in [6.45, 7) is 1.96. The third-order valence-electron chi connectivity index (χ3n) is 9.91. The van der Waals surface area contributed by atoms with Gasteiger partial charge in [-0.25, -0.2) is 0 Å². The van der Waals surface area contributed by atoms with Crippen LogP contribution in [-0.4, -0.2) is 70.1 Å². The third-order valence-corrected chi connectivity index (χ3v) is 9.91. The number of hydrogen-bond acceptors (Lipinski definition) is 8. The summed E-state index contributed by atoms with van der Waals surface area (Å²) in [5.41, 5.74) is 7.09. The number of rotatable bonds is 11. The Balaban J connectivity index is 1.18. The predicted octanol–water partition coefficient (Wildman–Crippen LogP) is 4.47. The molecule has 6 rings (SSSR count). The molecule has 3 amide bonds. The molecule has 1 aromatic heterocycles. The summed E-state index contributed by atoms with van der Waals surface area (Å²) in [6, 6.07) is 16.2. The number of carbonyl (C=O) groups excluding carboxylic acids is 3. The monoisotopic (exact) mass is 717 g/mol. The van der Waals surface area contributed by atoms with Crippen molar-refractivity contribution in [3.63, 3.8) is 0 Å². The van der Waals surface area contributed by atoms with Gasteiger partial charge in [-0.3, -0.25) is 14.4 Å². The van der Waals surface area contributed by atoms with Crippen LogP contribution in [0.3, 0.4) is 0 Å². The van der Waals surface area contributed by atoms with E-state index in [-0.39, 0.29) is 29.9 Å². The number of amides is 3. The largest absolute Gasteiger partial charge is 0.417 e. The van der Waals surface area contributed by atoms with Crippen molar-refractivity contribution in [2.75, 3.05) is 25.0 Å². The number of alkyl halides is 3. The van der Waals surface area contributed by atoms with E-state index in [2.05, 4.69) is 41.9 Å². The number of piperidine rings is 1. The molecular weight excluding hydrogens is 675 g/mol. The summed E-state index contributed by atoms with van der Waals surface area (Å²) in [6.07, 6.45) is -0.240. The topological polar surface area (TPSA) is 180 Å². The second-order valence-corrected chi connectivity index (χ2v) is 13.5. The van der Waals surface area contributed by atoms with E-state index in [1.54, 1.807) is 48.5 Å². The van der Waals surface area contributed by atoms with Crippen LogP contribution in [0.4, 0.5) is 18.9 Å². The van der Waals surface area contributed by atoms with Crippen LogP contribution in [0.5, 0.6) is 0 Å². The number of benzene rings is 3. The molecule has 1 atom stereocenters. The Kier molecular flexibility index (Phi) is 11.6. The molecule has 7 N–H and O–H groups in total. The number of nitrogens with one attached hydrogen (secondary N) is 5. The van der Waals surface area contributed by atoms with Crippen molar-refractivity contribution in [3.05, 3.63) is 83.4 Å². The molecule has 15 heteroatoms. The van der Waals surface area contributed by atoms with Gasteiger partial charge in [-0.2, -0.15) is 18.4 Å². The maximum atomic E-state index is 14.2. The average Bonchev–Trinajstić information content (AvgIpc) is 3.70. The number of halogens is 3. The summed E-state index contributed by atoms with van der Waals surface area (Å²) in [4.78, 5) is 40.0. The lowest BCUT2D eigenvalue weighted by Crippen LogP contribution is -2.48. The smallest absolute Gasteiger partial charge is 0.349 e. The van der Waals surface area contributed by atoms with Crippen LogP contribution in [0.15, 0.2) is 66.7 Å². The Morgan fingerprint density at radius 1 is 0.865 bits per heavy atom. The van der Waals surface area contributed by atoms with Gasteiger partial charge < -0.3 is 27.0 Å². The van der Waals surface area contributed by atoms with Crippen molar-refractivity contribution in [1.29, 1.82) is 0 Å². The molecule has 274 valence electrons. The van der Waals surface area contributed by atoms with Gasteiger partial charge in [0.15, 0.2) is 0 Å².